The summed E-state index contributed by atoms with van der Waals surface area (Å²) in [5, 5.41) is 20.3. The van der Waals surface area contributed by atoms with Gasteiger partial charge in [-0.15, -0.1) is 11.3 Å². The van der Waals surface area contributed by atoms with Gasteiger partial charge in [-0.1, -0.05) is 255 Å². The summed E-state index contributed by atoms with van der Waals surface area (Å²) in [6, 6.07) is 115. The molecule has 0 aliphatic heterocycles. The van der Waals surface area contributed by atoms with Crippen LogP contribution in [0.15, 0.2) is 309 Å². The minimum atomic E-state index is 1.15. The van der Waals surface area contributed by atoms with E-state index in [1.165, 1.54) is 173 Å². The van der Waals surface area contributed by atoms with Crippen LogP contribution in [0.5, 0.6) is 0 Å². The van der Waals surface area contributed by atoms with E-state index in [4.69, 9.17) is 0 Å². The van der Waals surface area contributed by atoms with Gasteiger partial charge in [0, 0.05) is 36.6 Å². The number of hydrogen-bond acceptors (Lipinski definition) is 1. The number of fused-ring (bicyclic) bond motifs is 18. The zero-order chi connectivity index (χ0) is 56.4. The van der Waals surface area contributed by atoms with Crippen LogP contribution in [0.2, 0.25) is 0 Å². The Hall–Kier alpha value is -10.9. The fourth-order valence-electron chi connectivity index (χ4n) is 14.4. The molecule has 0 saturated carbocycles. The Morgan fingerprint density at radius 2 is 0.523 bits per heavy atom. The van der Waals surface area contributed by atoms with E-state index in [1.807, 2.05) is 11.3 Å². The van der Waals surface area contributed by atoms with Crippen LogP contribution in [0.1, 0.15) is 0 Å². The molecule has 1 nitrogen and oxygen atoms in total. The van der Waals surface area contributed by atoms with Crippen molar-refractivity contribution >= 4 is 118 Å². The van der Waals surface area contributed by atoms with Crippen LogP contribution >= 0.6 is 11.3 Å². The number of thiophene rings is 1. The van der Waals surface area contributed by atoms with E-state index in [2.05, 4.69) is 314 Å². The number of rotatable bonds is 7. The minimum absolute atomic E-state index is 1.15. The van der Waals surface area contributed by atoms with E-state index in [-0.39, 0.29) is 0 Å². The number of para-hydroxylation sites is 2. The lowest BCUT2D eigenvalue weighted by molar-refractivity contribution is 1.18. The van der Waals surface area contributed by atoms with Crippen molar-refractivity contribution in [1.29, 1.82) is 0 Å². The van der Waals surface area contributed by atoms with Gasteiger partial charge in [-0.3, -0.25) is 0 Å². The van der Waals surface area contributed by atoms with Gasteiger partial charge in [-0.05, 0) is 186 Å². The predicted molar refractivity (Wildman–Crippen MR) is 371 cm³/mol. The van der Waals surface area contributed by atoms with Crippen molar-refractivity contribution in [3.05, 3.63) is 309 Å². The average Bonchev–Trinajstić information content (AvgIpc) is 1.52. The summed E-state index contributed by atoms with van der Waals surface area (Å²) in [6.45, 7) is 0. The SMILES string of the molecule is c1ccc(-c2cccc3c2sc2c(-c4cccc(-c5ccc6c(c5)c5ccccc5c5ccc(-c7ccc(-c8ccc(-n9c%10ccccc%10c%10ccccc%109)cc8)cc7-c7ccc8c9ccccc9c9ccccc9c8c7)cc56)c4)cccc23)cc1. The second-order valence-electron chi connectivity index (χ2n) is 23.0. The van der Waals surface area contributed by atoms with Crippen LogP contribution in [0.4, 0.5) is 0 Å². The molecule has 0 aliphatic rings. The highest BCUT2D eigenvalue weighted by Crippen LogP contribution is 2.47. The molecule has 18 rings (SSSR count). The van der Waals surface area contributed by atoms with Crippen molar-refractivity contribution < 1.29 is 0 Å². The molecule has 0 aliphatic carbocycles. The summed E-state index contributed by atoms with van der Waals surface area (Å²) in [5.74, 6) is 0. The summed E-state index contributed by atoms with van der Waals surface area (Å²) in [4.78, 5) is 0. The molecule has 0 N–H and O–H groups in total. The molecule has 18 aromatic rings. The predicted octanol–water partition coefficient (Wildman–Crippen LogP) is 24.1. The second kappa shape index (κ2) is 19.3. The van der Waals surface area contributed by atoms with E-state index < -0.39 is 0 Å². The van der Waals surface area contributed by atoms with Gasteiger partial charge >= 0.3 is 0 Å². The number of nitrogens with zero attached hydrogens (tertiary/aromatic N) is 1. The summed E-state index contributed by atoms with van der Waals surface area (Å²) >= 11 is 1.91. The molecule has 398 valence electrons. The number of aromatic nitrogens is 1. The lowest BCUT2D eigenvalue weighted by Crippen LogP contribution is -1.94. The van der Waals surface area contributed by atoms with Crippen molar-refractivity contribution in [2.75, 3.05) is 0 Å². The number of hydrogen-bond donors (Lipinski definition) is 0. The maximum absolute atomic E-state index is 2.46. The monoisotopic (exact) mass is 1110 g/mol. The fourth-order valence-corrected chi connectivity index (χ4v) is 15.7. The summed E-state index contributed by atoms with van der Waals surface area (Å²) in [7, 11) is 0. The van der Waals surface area contributed by atoms with E-state index in [0.717, 1.165) is 5.69 Å². The van der Waals surface area contributed by atoms with Crippen LogP contribution in [0, 0.1) is 0 Å². The van der Waals surface area contributed by atoms with E-state index in [1.54, 1.807) is 0 Å². The highest BCUT2D eigenvalue weighted by molar-refractivity contribution is 7.26. The molecule has 2 heterocycles. The third-order valence-electron chi connectivity index (χ3n) is 18.4. The van der Waals surface area contributed by atoms with Crippen LogP contribution < -0.4 is 0 Å². The molecular formula is C84H51NS. The van der Waals surface area contributed by atoms with Crippen molar-refractivity contribution in [2.24, 2.45) is 0 Å². The third-order valence-corrected chi connectivity index (χ3v) is 19.7. The minimum Gasteiger partial charge on any atom is -0.309 e. The van der Waals surface area contributed by atoms with Crippen molar-refractivity contribution in [2.45, 2.75) is 0 Å². The lowest BCUT2D eigenvalue weighted by atomic mass is 9.86. The molecule has 2 aromatic heterocycles. The zero-order valence-electron chi connectivity index (χ0n) is 46.8. The van der Waals surface area contributed by atoms with Gasteiger partial charge in [-0.25, -0.2) is 0 Å². The highest BCUT2D eigenvalue weighted by atomic mass is 32.1. The molecule has 0 spiro atoms. The molecule has 2 heteroatoms. The van der Waals surface area contributed by atoms with Gasteiger partial charge in [0.15, 0.2) is 0 Å². The first-order valence-electron chi connectivity index (χ1n) is 29.7. The first kappa shape index (κ1) is 48.6. The summed E-state index contributed by atoms with van der Waals surface area (Å²) < 4.78 is 5.05. The van der Waals surface area contributed by atoms with Gasteiger partial charge in [-0.2, -0.15) is 0 Å². The first-order valence-corrected chi connectivity index (χ1v) is 30.5. The quantitative estimate of drug-likeness (QED) is 0.140. The average molecular weight is 1110 g/mol. The summed E-state index contributed by atoms with van der Waals surface area (Å²) in [6.07, 6.45) is 0. The Balaban J connectivity index is 0.786. The molecule has 0 bridgehead atoms. The first-order chi connectivity index (χ1) is 42.6. The molecule has 0 atom stereocenters. The maximum atomic E-state index is 2.46. The van der Waals surface area contributed by atoms with Crippen molar-refractivity contribution in [1.82, 2.24) is 4.57 Å². The Morgan fingerprint density at radius 3 is 1.09 bits per heavy atom. The van der Waals surface area contributed by atoms with Gasteiger partial charge in [0.05, 0.1) is 11.0 Å². The maximum Gasteiger partial charge on any atom is 0.0541 e. The number of benzene rings is 16. The normalized spacial score (nSPS) is 12.0. The molecule has 0 fully saturated rings. The van der Waals surface area contributed by atoms with Gasteiger partial charge in [0.25, 0.3) is 0 Å². The smallest absolute Gasteiger partial charge is 0.0541 e. The topological polar surface area (TPSA) is 4.93 Å². The second-order valence-corrected chi connectivity index (χ2v) is 24.0. The lowest BCUT2D eigenvalue weighted by Gasteiger charge is -2.17. The molecule has 0 saturated heterocycles. The third kappa shape index (κ3) is 7.57. The van der Waals surface area contributed by atoms with Crippen molar-refractivity contribution in [3.8, 4) is 72.4 Å². The van der Waals surface area contributed by atoms with Gasteiger partial charge in [0.2, 0.25) is 0 Å². The Labute approximate surface area is 501 Å². The Kier molecular flexibility index (Phi) is 10.9. The Bertz CT molecular complexity index is 5730. The highest BCUT2D eigenvalue weighted by Gasteiger charge is 2.20. The van der Waals surface area contributed by atoms with Crippen LogP contribution in [0.25, 0.3) is 179 Å². The Morgan fingerprint density at radius 1 is 0.174 bits per heavy atom. The molecular weight excluding hydrogens is 1050 g/mol. The van der Waals surface area contributed by atoms with Gasteiger partial charge in [0.1, 0.15) is 0 Å². The summed E-state index contributed by atoms with van der Waals surface area (Å²) in [5.41, 5.74) is 18.1. The van der Waals surface area contributed by atoms with Crippen LogP contribution in [-0.4, -0.2) is 4.57 Å². The standard InChI is InChI=1S/C84H51NS/c1-2-17-53(18-3-1)62-29-15-31-75-76-32-16-30-63(84(76)86-83(62)75)57-20-14-19-54(47-57)56-38-44-72-78(49-56)69-26-9-7-24-67(69)71-45-39-58(50-80(71)72)61-43-37-55(52-35-41-60(42-36-52)85-81-33-12-10-27-73(81)74-28-11-13-34-82(74)85)48-77(61)59-40-46-70-66-23-5-4-21-64(66)65-22-6-8-25-68(65)79(70)51-59/h1-51H. The van der Waals surface area contributed by atoms with Gasteiger partial charge < -0.3 is 4.57 Å². The molecule has 16 aromatic carbocycles. The molecule has 0 unspecified atom stereocenters. The fraction of sp³-hybridized carbons (Fsp3) is 0. The molecule has 0 amide bonds. The van der Waals surface area contributed by atoms with E-state index in [0.29, 0.717) is 0 Å². The van der Waals surface area contributed by atoms with Crippen LogP contribution in [-0.2, 0) is 0 Å². The van der Waals surface area contributed by atoms with Crippen molar-refractivity contribution in [3.63, 3.8) is 0 Å². The van der Waals surface area contributed by atoms with E-state index >= 15 is 0 Å². The molecule has 86 heavy (non-hydrogen) atoms. The van der Waals surface area contributed by atoms with E-state index in [9.17, 15) is 0 Å². The molecule has 0 radical (unpaired) electrons. The largest absolute Gasteiger partial charge is 0.309 e. The zero-order valence-corrected chi connectivity index (χ0v) is 47.6. The van der Waals surface area contributed by atoms with Crippen LogP contribution in [0.3, 0.4) is 0 Å².